The largest absolute Gasteiger partial charge is 0.481 e. The minimum absolute atomic E-state index is 0.0178. The maximum Gasteiger partial charge on any atom is 0.303 e. The summed E-state index contributed by atoms with van der Waals surface area (Å²) in [5, 5.41) is 21.1. The topological polar surface area (TPSA) is 121 Å². The number of pyridine rings is 1. The SMILES string of the molecule is CN(CCc1ccccn1)C[C@@H]1C[C@H](c2ccc(CO)cc2)O[C@H](c2cccc(NC(=O)CCCC(=O)O)c2)O1. The Bertz CT molecular complexity index is 1240. The molecule has 9 heteroatoms. The van der Waals surface area contributed by atoms with Crippen LogP contribution in [0.4, 0.5) is 5.69 Å². The summed E-state index contributed by atoms with van der Waals surface area (Å²) in [4.78, 5) is 29.7. The average molecular weight is 548 g/mol. The molecule has 3 aromatic rings. The van der Waals surface area contributed by atoms with Gasteiger partial charge in [-0.05, 0) is 48.9 Å². The van der Waals surface area contributed by atoms with Crippen LogP contribution in [-0.2, 0) is 32.1 Å². The minimum Gasteiger partial charge on any atom is -0.481 e. The molecule has 4 rings (SSSR count). The number of carbonyl (C=O) groups is 2. The van der Waals surface area contributed by atoms with E-state index in [1.165, 1.54) is 0 Å². The molecule has 1 amide bonds. The highest BCUT2D eigenvalue weighted by Crippen LogP contribution is 2.38. The fraction of sp³-hybridized carbons (Fsp3) is 0.387. The van der Waals surface area contributed by atoms with E-state index in [0.717, 1.165) is 35.3 Å². The standard InChI is InChI=1S/C31H37N3O6/c1-34(17-15-25-7-2-3-16-32-25)20-27-19-28(23-13-11-22(21-35)12-14-23)40-31(39-27)24-6-4-8-26(18-24)33-29(36)9-5-10-30(37)38/h2-4,6-8,11-14,16,18,27-28,31,35H,5,9-10,15,17,19-21H2,1H3,(H,33,36)(H,37,38)/t27-,28+,31+/m0/s1. The van der Waals surface area contributed by atoms with Gasteiger partial charge in [-0.15, -0.1) is 0 Å². The molecule has 40 heavy (non-hydrogen) atoms. The molecule has 3 N–H and O–H groups in total. The van der Waals surface area contributed by atoms with Crippen LogP contribution in [0.1, 0.15) is 60.5 Å². The summed E-state index contributed by atoms with van der Waals surface area (Å²) in [5.74, 6) is -1.16. The maximum atomic E-state index is 12.3. The molecule has 0 bridgehead atoms. The van der Waals surface area contributed by atoms with Crippen LogP contribution >= 0.6 is 0 Å². The molecule has 0 radical (unpaired) electrons. The van der Waals surface area contributed by atoms with Gasteiger partial charge in [0.15, 0.2) is 6.29 Å². The third kappa shape index (κ3) is 8.96. The number of benzene rings is 2. The number of amides is 1. The quantitative estimate of drug-likeness (QED) is 0.286. The van der Waals surface area contributed by atoms with Gasteiger partial charge in [-0.2, -0.15) is 0 Å². The lowest BCUT2D eigenvalue weighted by Crippen LogP contribution is -2.38. The third-order valence-electron chi connectivity index (χ3n) is 6.84. The molecular weight excluding hydrogens is 510 g/mol. The van der Waals surface area contributed by atoms with E-state index in [0.29, 0.717) is 18.7 Å². The van der Waals surface area contributed by atoms with E-state index < -0.39 is 12.3 Å². The van der Waals surface area contributed by atoms with Gasteiger partial charge in [0, 0.05) is 61.9 Å². The number of aromatic nitrogens is 1. The predicted octanol–water partition coefficient (Wildman–Crippen LogP) is 4.49. The van der Waals surface area contributed by atoms with Crippen LogP contribution in [-0.4, -0.2) is 58.2 Å². The summed E-state index contributed by atoms with van der Waals surface area (Å²) in [5.41, 5.74) is 4.27. The lowest BCUT2D eigenvalue weighted by atomic mass is 9.99. The van der Waals surface area contributed by atoms with Crippen LogP contribution in [0.25, 0.3) is 0 Å². The van der Waals surface area contributed by atoms with E-state index in [4.69, 9.17) is 14.6 Å². The molecule has 1 aromatic heterocycles. The van der Waals surface area contributed by atoms with Crippen LogP contribution in [0.15, 0.2) is 72.9 Å². The first-order chi connectivity index (χ1) is 19.4. The average Bonchev–Trinajstić information content (AvgIpc) is 2.96. The number of carboxylic acids is 1. The Kier molecular flexibility index (Phi) is 10.8. The molecule has 212 valence electrons. The second kappa shape index (κ2) is 14.7. The molecule has 1 saturated heterocycles. The Hall–Kier alpha value is -3.63. The van der Waals surface area contributed by atoms with Gasteiger partial charge in [-0.1, -0.05) is 42.5 Å². The molecule has 2 heterocycles. The highest BCUT2D eigenvalue weighted by atomic mass is 16.7. The fourth-order valence-corrected chi connectivity index (χ4v) is 4.71. The Morgan fingerprint density at radius 3 is 2.58 bits per heavy atom. The summed E-state index contributed by atoms with van der Waals surface area (Å²) in [7, 11) is 2.07. The van der Waals surface area contributed by atoms with Crippen molar-refractivity contribution in [3.05, 3.63) is 95.3 Å². The highest BCUT2D eigenvalue weighted by molar-refractivity contribution is 5.90. The predicted molar refractivity (Wildman–Crippen MR) is 150 cm³/mol. The van der Waals surface area contributed by atoms with Crippen LogP contribution in [0.2, 0.25) is 0 Å². The summed E-state index contributed by atoms with van der Waals surface area (Å²) in [6.07, 6.45) is 2.71. The monoisotopic (exact) mass is 547 g/mol. The number of carboxylic acid groups (broad SMARTS) is 1. The second-order valence-electron chi connectivity index (χ2n) is 10.1. The number of nitrogens with one attached hydrogen (secondary N) is 1. The number of hydrogen-bond donors (Lipinski definition) is 3. The molecule has 0 spiro atoms. The van der Waals surface area contributed by atoms with Crippen LogP contribution < -0.4 is 5.32 Å². The van der Waals surface area contributed by atoms with Gasteiger partial charge in [0.2, 0.25) is 5.91 Å². The maximum absolute atomic E-state index is 12.3. The van der Waals surface area contributed by atoms with E-state index in [9.17, 15) is 14.7 Å². The number of likely N-dealkylation sites (N-methyl/N-ethyl adjacent to an activating group) is 1. The number of nitrogens with zero attached hydrogens (tertiary/aromatic N) is 2. The molecule has 2 aromatic carbocycles. The van der Waals surface area contributed by atoms with Gasteiger partial charge in [0.05, 0.1) is 18.8 Å². The number of carbonyl (C=O) groups excluding carboxylic acids is 1. The Balaban J connectivity index is 1.45. The number of anilines is 1. The minimum atomic E-state index is -0.918. The molecule has 3 atom stereocenters. The molecule has 0 saturated carbocycles. The number of ether oxygens (including phenoxy) is 2. The van der Waals surface area contributed by atoms with Gasteiger partial charge < -0.3 is 29.9 Å². The van der Waals surface area contributed by atoms with E-state index in [-0.39, 0.29) is 44.0 Å². The van der Waals surface area contributed by atoms with Gasteiger partial charge in [0.25, 0.3) is 0 Å². The zero-order valence-corrected chi connectivity index (χ0v) is 22.7. The van der Waals surface area contributed by atoms with Crippen LogP contribution in [0.5, 0.6) is 0 Å². The smallest absolute Gasteiger partial charge is 0.303 e. The van der Waals surface area contributed by atoms with Crippen molar-refractivity contribution in [2.45, 2.75) is 57.2 Å². The van der Waals surface area contributed by atoms with Gasteiger partial charge in [-0.25, -0.2) is 0 Å². The van der Waals surface area contributed by atoms with E-state index in [2.05, 4.69) is 22.2 Å². The molecule has 1 aliphatic heterocycles. The van der Waals surface area contributed by atoms with Crippen molar-refractivity contribution in [3.63, 3.8) is 0 Å². The zero-order valence-electron chi connectivity index (χ0n) is 22.7. The van der Waals surface area contributed by atoms with E-state index >= 15 is 0 Å². The number of aliphatic carboxylic acids is 1. The first-order valence-corrected chi connectivity index (χ1v) is 13.6. The molecule has 0 aliphatic carbocycles. The van der Waals surface area contributed by atoms with Gasteiger partial charge >= 0.3 is 5.97 Å². The second-order valence-corrected chi connectivity index (χ2v) is 10.1. The van der Waals surface area contributed by atoms with Crippen LogP contribution in [0.3, 0.4) is 0 Å². The van der Waals surface area contributed by atoms with Gasteiger partial charge in [-0.3, -0.25) is 14.6 Å². The van der Waals surface area contributed by atoms with Crippen molar-refractivity contribution in [2.75, 3.05) is 25.5 Å². The van der Waals surface area contributed by atoms with Crippen molar-refractivity contribution < 1.29 is 29.3 Å². The molecular formula is C31H37N3O6. The van der Waals surface area contributed by atoms with Crippen molar-refractivity contribution >= 4 is 17.6 Å². The zero-order chi connectivity index (χ0) is 28.3. The number of aliphatic hydroxyl groups is 1. The summed E-state index contributed by atoms with van der Waals surface area (Å²) in [6.45, 7) is 1.52. The summed E-state index contributed by atoms with van der Waals surface area (Å²) in [6, 6.07) is 21.1. The molecule has 9 nitrogen and oxygen atoms in total. The molecule has 0 unspecified atom stereocenters. The number of rotatable bonds is 13. The first kappa shape index (κ1) is 29.4. The fourth-order valence-electron chi connectivity index (χ4n) is 4.71. The number of aliphatic hydroxyl groups excluding tert-OH is 1. The lowest BCUT2D eigenvalue weighted by Gasteiger charge is -2.38. The van der Waals surface area contributed by atoms with Crippen LogP contribution in [0, 0.1) is 0 Å². The third-order valence-corrected chi connectivity index (χ3v) is 6.84. The van der Waals surface area contributed by atoms with Crippen molar-refractivity contribution in [1.29, 1.82) is 0 Å². The van der Waals surface area contributed by atoms with E-state index in [1.807, 2.05) is 60.7 Å². The van der Waals surface area contributed by atoms with Crippen molar-refractivity contribution in [1.82, 2.24) is 9.88 Å². The molecule has 1 aliphatic rings. The summed E-state index contributed by atoms with van der Waals surface area (Å²) >= 11 is 0. The Morgan fingerprint density at radius 2 is 1.85 bits per heavy atom. The summed E-state index contributed by atoms with van der Waals surface area (Å²) < 4.78 is 12.9. The first-order valence-electron chi connectivity index (χ1n) is 13.6. The highest BCUT2D eigenvalue weighted by Gasteiger charge is 2.33. The normalized spacial score (nSPS) is 18.9. The number of hydrogen-bond acceptors (Lipinski definition) is 7. The molecule has 1 fully saturated rings. The van der Waals surface area contributed by atoms with E-state index in [1.54, 1.807) is 12.3 Å². The van der Waals surface area contributed by atoms with Crippen molar-refractivity contribution in [3.8, 4) is 0 Å². The van der Waals surface area contributed by atoms with Crippen molar-refractivity contribution in [2.24, 2.45) is 0 Å². The lowest BCUT2D eigenvalue weighted by molar-refractivity contribution is -0.252. The Morgan fingerprint density at radius 1 is 1.02 bits per heavy atom. The van der Waals surface area contributed by atoms with Gasteiger partial charge in [0.1, 0.15) is 0 Å². The Labute approximate surface area is 234 Å².